The van der Waals surface area contributed by atoms with Crippen molar-refractivity contribution in [2.45, 2.75) is 19.4 Å². The fourth-order valence-corrected chi connectivity index (χ4v) is 4.17. The maximum Gasteiger partial charge on any atom is 0.152 e. The van der Waals surface area contributed by atoms with Crippen LogP contribution in [0.5, 0.6) is 0 Å². The van der Waals surface area contributed by atoms with Crippen molar-refractivity contribution in [3.63, 3.8) is 0 Å². The van der Waals surface area contributed by atoms with Gasteiger partial charge in [0.05, 0.1) is 17.5 Å². The number of aromatic nitrogens is 1. The van der Waals surface area contributed by atoms with E-state index in [0.717, 1.165) is 22.2 Å². The van der Waals surface area contributed by atoms with Crippen molar-refractivity contribution in [3.05, 3.63) is 35.5 Å². The summed E-state index contributed by atoms with van der Waals surface area (Å²) in [5, 5.41) is 1.13. The highest BCUT2D eigenvalue weighted by Crippen LogP contribution is 2.21. The summed E-state index contributed by atoms with van der Waals surface area (Å²) in [6.45, 7) is 2.01. The molecule has 2 aromatic rings. The van der Waals surface area contributed by atoms with Crippen LogP contribution in [-0.2, 0) is 9.84 Å². The van der Waals surface area contributed by atoms with E-state index in [1.54, 1.807) is 0 Å². The van der Waals surface area contributed by atoms with Crippen molar-refractivity contribution >= 4 is 27.0 Å². The molecule has 1 N–H and O–H groups in total. The molecule has 0 radical (unpaired) electrons. The highest BCUT2D eigenvalue weighted by Gasteiger charge is 2.26. The van der Waals surface area contributed by atoms with E-state index in [0.29, 0.717) is 6.42 Å². The van der Waals surface area contributed by atoms with Gasteiger partial charge in [-0.1, -0.05) is 18.2 Å². The number of hydrogen-bond acceptors (Lipinski definition) is 3. The van der Waals surface area contributed by atoms with E-state index >= 15 is 0 Å². The summed E-state index contributed by atoms with van der Waals surface area (Å²) in [4.78, 5) is 7.76. The lowest BCUT2D eigenvalue weighted by molar-refractivity contribution is 0.601. The largest absolute Gasteiger partial charge is 0.358 e. The average molecular weight is 276 g/mol. The molecule has 5 heteroatoms. The maximum absolute atomic E-state index is 11.4. The van der Waals surface area contributed by atoms with Gasteiger partial charge in [0.2, 0.25) is 0 Å². The predicted octanol–water partition coefficient (Wildman–Crippen LogP) is 2.08. The van der Waals surface area contributed by atoms with E-state index in [1.807, 2.05) is 37.4 Å². The predicted molar refractivity (Wildman–Crippen MR) is 77.7 cm³/mol. The summed E-state index contributed by atoms with van der Waals surface area (Å²) in [5.74, 6) is 0.451. The van der Waals surface area contributed by atoms with Gasteiger partial charge in [-0.05, 0) is 19.4 Å². The molecule has 19 heavy (non-hydrogen) atoms. The van der Waals surface area contributed by atoms with Crippen molar-refractivity contribution < 1.29 is 8.42 Å². The minimum atomic E-state index is -2.86. The van der Waals surface area contributed by atoms with Crippen molar-refractivity contribution in [3.8, 4) is 0 Å². The normalized spacial score (nSPS) is 22.5. The topological polar surface area (TPSA) is 62.3 Å². The summed E-state index contributed by atoms with van der Waals surface area (Å²) in [5.41, 5.74) is 3.20. The molecule has 1 saturated heterocycles. The number of sulfone groups is 1. The molecule has 1 aliphatic heterocycles. The van der Waals surface area contributed by atoms with Crippen molar-refractivity contribution in [2.75, 3.05) is 11.5 Å². The lowest BCUT2D eigenvalue weighted by Crippen LogP contribution is -2.07. The first-order valence-electron chi connectivity index (χ1n) is 6.36. The molecule has 1 aromatic heterocycles. The monoisotopic (exact) mass is 276 g/mol. The fourth-order valence-electron chi connectivity index (χ4n) is 2.54. The molecule has 4 nitrogen and oxygen atoms in total. The number of aryl methyl sites for hydroxylation is 1. The van der Waals surface area contributed by atoms with Gasteiger partial charge >= 0.3 is 0 Å². The van der Waals surface area contributed by atoms with Gasteiger partial charge in [0.1, 0.15) is 0 Å². The zero-order valence-corrected chi connectivity index (χ0v) is 11.6. The van der Waals surface area contributed by atoms with Crippen molar-refractivity contribution in [1.29, 1.82) is 0 Å². The highest BCUT2D eigenvalue weighted by atomic mass is 32.2. The standard InChI is InChI=1S/C14H16N2O2S/c1-10-13(12-4-2-3-5-14(12)16-10)8-15-11-6-7-19(17,18)9-11/h2-5,8,11,16H,6-7,9H2,1H3/t11-/m0/s1. The Balaban J connectivity index is 1.91. The third-order valence-corrected chi connectivity index (χ3v) is 5.32. The molecule has 2 heterocycles. The lowest BCUT2D eigenvalue weighted by Gasteiger charge is -1.99. The van der Waals surface area contributed by atoms with E-state index in [-0.39, 0.29) is 17.5 Å². The summed E-state index contributed by atoms with van der Waals surface area (Å²) >= 11 is 0. The lowest BCUT2D eigenvalue weighted by atomic mass is 10.1. The number of fused-ring (bicyclic) bond motifs is 1. The summed E-state index contributed by atoms with van der Waals surface area (Å²) < 4.78 is 22.8. The van der Waals surface area contributed by atoms with Crippen LogP contribution < -0.4 is 0 Å². The minimum Gasteiger partial charge on any atom is -0.358 e. The Bertz CT molecular complexity index is 744. The van der Waals surface area contributed by atoms with E-state index in [2.05, 4.69) is 9.98 Å². The molecule has 0 aliphatic carbocycles. The van der Waals surface area contributed by atoms with Gasteiger partial charge in [-0.15, -0.1) is 0 Å². The molecule has 0 saturated carbocycles. The van der Waals surface area contributed by atoms with Crippen LogP contribution in [0.2, 0.25) is 0 Å². The number of nitrogens with one attached hydrogen (secondary N) is 1. The second-order valence-corrected chi connectivity index (χ2v) is 7.27. The molecule has 0 amide bonds. The van der Waals surface area contributed by atoms with Crippen LogP contribution in [0.25, 0.3) is 10.9 Å². The number of hydrogen-bond donors (Lipinski definition) is 1. The Hall–Kier alpha value is -1.62. The quantitative estimate of drug-likeness (QED) is 0.854. The molecule has 1 fully saturated rings. The first-order chi connectivity index (χ1) is 9.05. The maximum atomic E-state index is 11.4. The Kier molecular flexibility index (Phi) is 2.93. The Labute approximate surface area is 112 Å². The smallest absolute Gasteiger partial charge is 0.152 e. The number of nitrogens with zero attached hydrogens (tertiary/aromatic N) is 1. The Morgan fingerprint density at radius 2 is 2.16 bits per heavy atom. The van der Waals surface area contributed by atoms with Gasteiger partial charge in [0, 0.05) is 28.4 Å². The average Bonchev–Trinajstić information content (AvgIpc) is 2.86. The molecule has 1 aliphatic rings. The summed E-state index contributed by atoms with van der Waals surface area (Å²) in [6.07, 6.45) is 2.46. The fraction of sp³-hybridized carbons (Fsp3) is 0.357. The van der Waals surface area contributed by atoms with Crippen LogP contribution in [0.15, 0.2) is 29.3 Å². The van der Waals surface area contributed by atoms with E-state index < -0.39 is 9.84 Å². The summed E-state index contributed by atoms with van der Waals surface area (Å²) in [6, 6.07) is 7.97. The molecular formula is C14H16N2O2S. The molecule has 0 bridgehead atoms. The molecule has 100 valence electrons. The van der Waals surface area contributed by atoms with Gasteiger partial charge in [-0.25, -0.2) is 8.42 Å². The third-order valence-electron chi connectivity index (χ3n) is 3.57. The highest BCUT2D eigenvalue weighted by molar-refractivity contribution is 7.91. The van der Waals surface area contributed by atoms with Crippen LogP contribution in [0.4, 0.5) is 0 Å². The molecule has 3 rings (SSSR count). The van der Waals surface area contributed by atoms with E-state index in [4.69, 9.17) is 0 Å². The summed E-state index contributed by atoms with van der Waals surface area (Å²) in [7, 11) is -2.86. The molecule has 1 aromatic carbocycles. The van der Waals surface area contributed by atoms with Crippen molar-refractivity contribution in [1.82, 2.24) is 4.98 Å². The number of aliphatic imine (C=N–C) groups is 1. The second-order valence-electron chi connectivity index (χ2n) is 5.04. The number of benzene rings is 1. The number of H-pyrrole nitrogens is 1. The van der Waals surface area contributed by atoms with Gasteiger partial charge < -0.3 is 4.98 Å². The Morgan fingerprint density at radius 3 is 2.89 bits per heavy atom. The van der Waals surface area contributed by atoms with Crippen LogP contribution in [0.1, 0.15) is 17.7 Å². The van der Waals surface area contributed by atoms with Gasteiger partial charge in [0.25, 0.3) is 0 Å². The van der Waals surface area contributed by atoms with Gasteiger partial charge in [-0.2, -0.15) is 0 Å². The zero-order chi connectivity index (χ0) is 13.5. The van der Waals surface area contributed by atoms with E-state index in [9.17, 15) is 8.42 Å². The Morgan fingerprint density at radius 1 is 1.37 bits per heavy atom. The molecule has 0 spiro atoms. The van der Waals surface area contributed by atoms with Crippen LogP contribution in [-0.4, -0.2) is 37.2 Å². The van der Waals surface area contributed by atoms with Gasteiger partial charge in [0.15, 0.2) is 9.84 Å². The second kappa shape index (κ2) is 4.49. The van der Waals surface area contributed by atoms with E-state index in [1.165, 1.54) is 0 Å². The number of aromatic amines is 1. The zero-order valence-electron chi connectivity index (χ0n) is 10.8. The van der Waals surface area contributed by atoms with Crippen LogP contribution in [0.3, 0.4) is 0 Å². The number of para-hydroxylation sites is 1. The third kappa shape index (κ3) is 2.42. The van der Waals surface area contributed by atoms with Crippen LogP contribution in [0, 0.1) is 6.92 Å². The first-order valence-corrected chi connectivity index (χ1v) is 8.18. The minimum absolute atomic E-state index is 0.0851. The first kappa shape index (κ1) is 12.4. The number of rotatable bonds is 2. The van der Waals surface area contributed by atoms with Crippen molar-refractivity contribution in [2.24, 2.45) is 4.99 Å². The van der Waals surface area contributed by atoms with Gasteiger partial charge in [-0.3, -0.25) is 4.99 Å². The molecular weight excluding hydrogens is 260 g/mol. The molecule has 0 unspecified atom stereocenters. The van der Waals surface area contributed by atoms with Crippen LogP contribution >= 0.6 is 0 Å². The SMILES string of the molecule is Cc1[nH]c2ccccc2c1C=N[C@H]1CCS(=O)(=O)C1. The molecule has 1 atom stereocenters.